The molecule has 1 amide bonds. The van der Waals surface area contributed by atoms with E-state index in [1.54, 1.807) is 22.4 Å². The van der Waals surface area contributed by atoms with E-state index in [1.807, 2.05) is 0 Å². The Bertz CT molecular complexity index is 1050. The van der Waals surface area contributed by atoms with Gasteiger partial charge in [-0.1, -0.05) is 24.1 Å². The van der Waals surface area contributed by atoms with Crippen molar-refractivity contribution in [3.05, 3.63) is 50.9 Å². The molecule has 2 aliphatic rings. The van der Waals surface area contributed by atoms with Crippen LogP contribution in [0.15, 0.2) is 34.5 Å². The largest absolute Gasteiger partial charge is 0.335 e. The highest BCUT2D eigenvalue weighted by atomic mass is 35.5. The van der Waals surface area contributed by atoms with Crippen LogP contribution in [0.2, 0.25) is 5.02 Å². The third-order valence-corrected chi connectivity index (χ3v) is 9.15. The van der Waals surface area contributed by atoms with Gasteiger partial charge in [0.2, 0.25) is 10.0 Å². The minimum Gasteiger partial charge on any atom is -0.335 e. The van der Waals surface area contributed by atoms with Gasteiger partial charge in [0.15, 0.2) is 0 Å². The van der Waals surface area contributed by atoms with E-state index in [-0.39, 0.29) is 16.6 Å². The first-order valence-corrected chi connectivity index (χ1v) is 13.1. The van der Waals surface area contributed by atoms with Crippen LogP contribution < -0.4 is 0 Å². The van der Waals surface area contributed by atoms with Gasteiger partial charge in [0.25, 0.3) is 5.91 Å². The van der Waals surface area contributed by atoms with Crippen LogP contribution in [-0.4, -0.2) is 67.7 Å². The molecular formula is C21H25ClFN3O3S2. The molecule has 0 N–H and O–H groups in total. The van der Waals surface area contributed by atoms with E-state index in [0.29, 0.717) is 55.7 Å². The summed E-state index contributed by atoms with van der Waals surface area (Å²) in [6.45, 7) is 3.87. The molecule has 10 heteroatoms. The summed E-state index contributed by atoms with van der Waals surface area (Å²) >= 11 is 7.31. The lowest BCUT2D eigenvalue weighted by molar-refractivity contribution is 0.0629. The smallest absolute Gasteiger partial charge is 0.265 e. The van der Waals surface area contributed by atoms with Crippen molar-refractivity contribution in [1.29, 1.82) is 0 Å². The van der Waals surface area contributed by atoms with E-state index in [0.717, 1.165) is 24.8 Å². The number of nitrogens with zero attached hydrogens (tertiary/aromatic N) is 3. The van der Waals surface area contributed by atoms with E-state index in [4.69, 9.17) is 11.6 Å². The fourth-order valence-electron chi connectivity index (χ4n) is 4.04. The molecule has 31 heavy (non-hydrogen) atoms. The quantitative estimate of drug-likeness (QED) is 0.648. The zero-order valence-electron chi connectivity index (χ0n) is 17.1. The summed E-state index contributed by atoms with van der Waals surface area (Å²) in [4.78, 5) is 17.4. The maximum Gasteiger partial charge on any atom is 0.265 e. The Hall–Kier alpha value is -1.52. The van der Waals surface area contributed by atoms with Crippen molar-refractivity contribution in [2.45, 2.75) is 30.7 Å². The zero-order valence-corrected chi connectivity index (χ0v) is 19.5. The Kier molecular flexibility index (Phi) is 6.98. The monoisotopic (exact) mass is 485 g/mol. The first-order chi connectivity index (χ1) is 14.9. The lowest BCUT2D eigenvalue weighted by atomic mass is 10.2. The van der Waals surface area contributed by atoms with Gasteiger partial charge >= 0.3 is 0 Å². The molecule has 1 aromatic carbocycles. The Morgan fingerprint density at radius 1 is 1.03 bits per heavy atom. The molecule has 1 aromatic heterocycles. The number of carbonyl (C=O) groups excluding carboxylic acids is 1. The average molecular weight is 486 g/mol. The second-order valence-electron chi connectivity index (χ2n) is 7.88. The SMILES string of the molecule is O=C(c1sccc1S(=O)(=O)N1CCCCC1)N1CCN(Cc2ccc(F)cc2Cl)CC1. The summed E-state index contributed by atoms with van der Waals surface area (Å²) in [5.41, 5.74) is 0.844. The van der Waals surface area contributed by atoms with Crippen molar-refractivity contribution < 1.29 is 17.6 Å². The molecule has 0 bridgehead atoms. The van der Waals surface area contributed by atoms with Gasteiger partial charge < -0.3 is 4.90 Å². The summed E-state index contributed by atoms with van der Waals surface area (Å²) in [6.07, 6.45) is 2.74. The highest BCUT2D eigenvalue weighted by molar-refractivity contribution is 7.89. The molecule has 2 aromatic rings. The number of thiophene rings is 1. The molecule has 2 saturated heterocycles. The fraction of sp³-hybridized carbons (Fsp3) is 0.476. The predicted octanol–water partition coefficient (Wildman–Crippen LogP) is 3.67. The number of sulfonamides is 1. The molecule has 168 valence electrons. The number of amides is 1. The van der Waals surface area contributed by atoms with Crippen LogP contribution >= 0.6 is 22.9 Å². The minimum absolute atomic E-state index is 0.130. The molecular weight excluding hydrogens is 461 g/mol. The van der Waals surface area contributed by atoms with Crippen LogP contribution in [0.1, 0.15) is 34.5 Å². The third kappa shape index (κ3) is 4.96. The van der Waals surface area contributed by atoms with Crippen LogP contribution in [0.3, 0.4) is 0 Å². The molecule has 0 saturated carbocycles. The lowest BCUT2D eigenvalue weighted by Gasteiger charge is -2.35. The number of hydrogen-bond donors (Lipinski definition) is 0. The molecule has 4 rings (SSSR count). The number of halogens is 2. The highest BCUT2D eigenvalue weighted by Crippen LogP contribution is 2.29. The van der Waals surface area contributed by atoms with Gasteiger partial charge in [-0.15, -0.1) is 11.3 Å². The number of rotatable bonds is 5. The maximum atomic E-state index is 13.2. The first-order valence-electron chi connectivity index (χ1n) is 10.4. The number of benzene rings is 1. The topological polar surface area (TPSA) is 60.9 Å². The summed E-state index contributed by atoms with van der Waals surface area (Å²) < 4.78 is 40.9. The number of piperidine rings is 1. The van der Waals surface area contributed by atoms with E-state index >= 15 is 0 Å². The van der Waals surface area contributed by atoms with Gasteiger partial charge in [-0.05, 0) is 42.0 Å². The first kappa shape index (κ1) is 22.7. The second kappa shape index (κ2) is 9.54. The van der Waals surface area contributed by atoms with E-state index in [1.165, 1.54) is 27.8 Å². The summed E-state index contributed by atoms with van der Waals surface area (Å²) in [6, 6.07) is 5.92. The van der Waals surface area contributed by atoms with Gasteiger partial charge in [-0.3, -0.25) is 9.69 Å². The Morgan fingerprint density at radius 2 is 1.74 bits per heavy atom. The predicted molar refractivity (Wildman–Crippen MR) is 120 cm³/mol. The molecule has 2 aliphatic heterocycles. The van der Waals surface area contributed by atoms with Crippen molar-refractivity contribution >= 4 is 38.9 Å². The number of hydrogen-bond acceptors (Lipinski definition) is 5. The second-order valence-corrected chi connectivity index (χ2v) is 11.1. The number of piperazine rings is 1. The van der Waals surface area contributed by atoms with Crippen molar-refractivity contribution in [2.75, 3.05) is 39.3 Å². The molecule has 0 unspecified atom stereocenters. The summed E-state index contributed by atoms with van der Waals surface area (Å²) in [7, 11) is -3.65. The van der Waals surface area contributed by atoms with Crippen molar-refractivity contribution in [2.24, 2.45) is 0 Å². The van der Waals surface area contributed by atoms with Crippen LogP contribution in [0.4, 0.5) is 4.39 Å². The average Bonchev–Trinajstić information content (AvgIpc) is 3.27. The maximum absolute atomic E-state index is 13.2. The van der Waals surface area contributed by atoms with Gasteiger partial charge in [0, 0.05) is 50.8 Å². The highest BCUT2D eigenvalue weighted by Gasteiger charge is 2.33. The fourth-order valence-corrected chi connectivity index (χ4v) is 7.15. The van der Waals surface area contributed by atoms with Crippen LogP contribution in [-0.2, 0) is 16.6 Å². The van der Waals surface area contributed by atoms with Crippen molar-refractivity contribution in [3.8, 4) is 0 Å². The summed E-state index contributed by atoms with van der Waals surface area (Å²) in [5, 5.41) is 2.07. The normalized spacial score (nSPS) is 19.0. The molecule has 3 heterocycles. The van der Waals surface area contributed by atoms with Crippen LogP contribution in [0.5, 0.6) is 0 Å². The van der Waals surface area contributed by atoms with E-state index < -0.39 is 10.0 Å². The molecule has 0 aliphatic carbocycles. The number of carbonyl (C=O) groups is 1. The molecule has 6 nitrogen and oxygen atoms in total. The Labute approximate surface area is 191 Å². The van der Waals surface area contributed by atoms with Crippen LogP contribution in [0.25, 0.3) is 0 Å². The summed E-state index contributed by atoms with van der Waals surface area (Å²) in [5.74, 6) is -0.597. The van der Waals surface area contributed by atoms with E-state index in [9.17, 15) is 17.6 Å². The standard InChI is InChI=1S/C21H25ClFN3O3S2/c22-18-14-17(23)5-4-16(18)15-24-9-11-25(12-10-24)21(27)20-19(6-13-30-20)31(28,29)26-7-2-1-3-8-26/h4-6,13-14H,1-3,7-12,15H2. The Balaban J connectivity index is 1.41. The van der Waals surface area contributed by atoms with Gasteiger partial charge in [0.05, 0.1) is 0 Å². The molecule has 0 atom stereocenters. The van der Waals surface area contributed by atoms with Gasteiger partial charge in [-0.25, -0.2) is 12.8 Å². The third-order valence-electron chi connectivity index (χ3n) is 5.82. The van der Waals surface area contributed by atoms with E-state index in [2.05, 4.69) is 4.90 Å². The van der Waals surface area contributed by atoms with Crippen molar-refractivity contribution in [1.82, 2.24) is 14.1 Å². The molecule has 0 spiro atoms. The van der Waals surface area contributed by atoms with Gasteiger partial charge in [0.1, 0.15) is 15.6 Å². The van der Waals surface area contributed by atoms with Crippen LogP contribution in [0, 0.1) is 5.82 Å². The molecule has 0 radical (unpaired) electrons. The lowest BCUT2D eigenvalue weighted by Crippen LogP contribution is -2.48. The zero-order chi connectivity index (χ0) is 22.0. The Morgan fingerprint density at radius 3 is 2.42 bits per heavy atom. The van der Waals surface area contributed by atoms with Gasteiger partial charge in [-0.2, -0.15) is 4.31 Å². The molecule has 2 fully saturated rings. The minimum atomic E-state index is -3.65. The van der Waals surface area contributed by atoms with Crippen molar-refractivity contribution in [3.63, 3.8) is 0 Å².